The Bertz CT molecular complexity index is 522. The fourth-order valence-corrected chi connectivity index (χ4v) is 1.93. The highest BCUT2D eigenvalue weighted by Crippen LogP contribution is 2.26. The van der Waals surface area contributed by atoms with Crippen molar-refractivity contribution in [3.63, 3.8) is 0 Å². The molecule has 0 radical (unpaired) electrons. The van der Waals surface area contributed by atoms with Gasteiger partial charge in [0.15, 0.2) is 0 Å². The van der Waals surface area contributed by atoms with E-state index in [-0.39, 0.29) is 0 Å². The number of imidazole rings is 1. The van der Waals surface area contributed by atoms with Crippen molar-refractivity contribution in [3.05, 3.63) is 39.6 Å². The molecule has 1 N–H and O–H groups in total. The minimum Gasteiger partial charge on any atom is -0.358 e. The van der Waals surface area contributed by atoms with Crippen LogP contribution in [-0.4, -0.2) is 16.6 Å². The maximum Gasteiger partial charge on any atom is 0.207 e. The minimum absolute atomic E-state index is 0.686. The molecular weight excluding hydrogens is 289 g/mol. The van der Waals surface area contributed by atoms with E-state index in [0.717, 1.165) is 21.8 Å². The monoisotopic (exact) mass is 299 g/mol. The summed E-state index contributed by atoms with van der Waals surface area (Å²) in [5.74, 6) is 0.802. The molecule has 0 bridgehead atoms. The van der Waals surface area contributed by atoms with Crippen LogP contribution in [-0.2, 0) is 0 Å². The van der Waals surface area contributed by atoms with E-state index in [9.17, 15) is 0 Å². The number of aryl methyl sites for hydroxylation is 1. The van der Waals surface area contributed by atoms with Gasteiger partial charge in [-0.05, 0) is 41.1 Å². The fraction of sp³-hybridized carbons (Fsp3) is 0.182. The number of nitrogens with one attached hydrogen (secondary N) is 1. The van der Waals surface area contributed by atoms with Crippen molar-refractivity contribution in [3.8, 4) is 5.69 Å². The van der Waals surface area contributed by atoms with Gasteiger partial charge in [0, 0.05) is 17.7 Å². The van der Waals surface area contributed by atoms with Crippen molar-refractivity contribution in [2.45, 2.75) is 6.92 Å². The van der Waals surface area contributed by atoms with E-state index in [1.54, 1.807) is 0 Å². The molecule has 1 aromatic heterocycles. The second kappa shape index (κ2) is 4.47. The van der Waals surface area contributed by atoms with Crippen LogP contribution in [0.3, 0.4) is 0 Å². The SMILES string of the molecule is CNc1nc(C)cn1-c1ccc(Br)c(Cl)c1. The first-order valence-corrected chi connectivity index (χ1v) is 5.98. The molecule has 3 nitrogen and oxygen atoms in total. The summed E-state index contributed by atoms with van der Waals surface area (Å²) in [4.78, 5) is 4.35. The topological polar surface area (TPSA) is 29.9 Å². The Balaban J connectivity index is 2.53. The molecule has 2 rings (SSSR count). The van der Waals surface area contributed by atoms with Gasteiger partial charge in [0.25, 0.3) is 0 Å². The van der Waals surface area contributed by atoms with E-state index in [2.05, 4.69) is 26.2 Å². The minimum atomic E-state index is 0.686. The summed E-state index contributed by atoms with van der Waals surface area (Å²) in [5.41, 5.74) is 1.95. The Kier molecular flexibility index (Phi) is 3.21. The normalized spacial score (nSPS) is 10.5. The van der Waals surface area contributed by atoms with E-state index in [1.807, 2.05) is 42.9 Å². The molecule has 1 heterocycles. The largest absolute Gasteiger partial charge is 0.358 e. The van der Waals surface area contributed by atoms with Gasteiger partial charge in [-0.2, -0.15) is 0 Å². The van der Waals surface area contributed by atoms with Crippen molar-refractivity contribution in [1.82, 2.24) is 9.55 Å². The predicted molar refractivity (Wildman–Crippen MR) is 70.6 cm³/mol. The zero-order chi connectivity index (χ0) is 11.7. The van der Waals surface area contributed by atoms with Gasteiger partial charge in [0.1, 0.15) is 0 Å². The van der Waals surface area contributed by atoms with E-state index in [4.69, 9.17) is 11.6 Å². The lowest BCUT2D eigenvalue weighted by Gasteiger charge is -2.07. The average Bonchev–Trinajstić information content (AvgIpc) is 2.63. The first-order chi connectivity index (χ1) is 7.61. The number of benzene rings is 1. The molecule has 0 fully saturated rings. The standard InChI is InChI=1S/C11H11BrClN3/c1-7-6-16(11(14-2)15-7)8-3-4-9(12)10(13)5-8/h3-6H,1-2H3,(H,14,15). The lowest BCUT2D eigenvalue weighted by Crippen LogP contribution is -2.00. The zero-order valence-electron chi connectivity index (χ0n) is 8.96. The summed E-state index contributed by atoms with van der Waals surface area (Å²) in [7, 11) is 1.85. The molecule has 0 spiro atoms. The van der Waals surface area contributed by atoms with E-state index >= 15 is 0 Å². The first-order valence-electron chi connectivity index (χ1n) is 4.81. The van der Waals surface area contributed by atoms with Crippen molar-refractivity contribution in [2.75, 3.05) is 12.4 Å². The Morgan fingerprint density at radius 3 is 2.81 bits per heavy atom. The van der Waals surface area contributed by atoms with Crippen LogP contribution in [0.5, 0.6) is 0 Å². The molecule has 0 saturated carbocycles. The third-order valence-electron chi connectivity index (χ3n) is 2.23. The van der Waals surface area contributed by atoms with Gasteiger partial charge >= 0.3 is 0 Å². The second-order valence-corrected chi connectivity index (χ2v) is 4.69. The molecule has 0 saturated heterocycles. The van der Waals surface area contributed by atoms with Crippen molar-refractivity contribution >= 4 is 33.5 Å². The summed E-state index contributed by atoms with van der Waals surface area (Å²) < 4.78 is 2.86. The molecule has 0 amide bonds. The van der Waals surface area contributed by atoms with Gasteiger partial charge < -0.3 is 5.32 Å². The number of halogens is 2. The third kappa shape index (κ3) is 2.08. The van der Waals surface area contributed by atoms with Crippen LogP contribution in [0.2, 0.25) is 5.02 Å². The van der Waals surface area contributed by atoms with Gasteiger partial charge in [0.05, 0.1) is 16.4 Å². The number of anilines is 1. The fourth-order valence-electron chi connectivity index (χ4n) is 1.51. The lowest BCUT2D eigenvalue weighted by molar-refractivity contribution is 1.05. The molecule has 0 aliphatic rings. The highest BCUT2D eigenvalue weighted by atomic mass is 79.9. The Hall–Kier alpha value is -1.000. The molecule has 1 aromatic carbocycles. The number of nitrogens with zero attached hydrogens (tertiary/aromatic N) is 2. The highest BCUT2D eigenvalue weighted by Gasteiger charge is 2.07. The van der Waals surface area contributed by atoms with E-state index in [1.165, 1.54) is 0 Å². The smallest absolute Gasteiger partial charge is 0.207 e. The summed E-state index contributed by atoms with van der Waals surface area (Å²) in [6.45, 7) is 1.96. The molecule has 0 aliphatic heterocycles. The predicted octanol–water partition coefficient (Wildman–Crippen LogP) is 3.64. The zero-order valence-corrected chi connectivity index (χ0v) is 11.3. The van der Waals surface area contributed by atoms with Crippen LogP contribution >= 0.6 is 27.5 Å². The molecule has 84 valence electrons. The van der Waals surface area contributed by atoms with Crippen LogP contribution in [0.25, 0.3) is 5.69 Å². The van der Waals surface area contributed by atoms with Gasteiger partial charge in [-0.25, -0.2) is 4.98 Å². The quantitative estimate of drug-likeness (QED) is 0.917. The number of hydrogen-bond acceptors (Lipinski definition) is 2. The van der Waals surface area contributed by atoms with Crippen LogP contribution in [0, 0.1) is 6.92 Å². The van der Waals surface area contributed by atoms with Crippen LogP contribution in [0.15, 0.2) is 28.9 Å². The van der Waals surface area contributed by atoms with E-state index < -0.39 is 0 Å². The molecule has 0 aliphatic carbocycles. The first kappa shape index (κ1) is 11.5. The molecule has 2 aromatic rings. The summed E-state index contributed by atoms with van der Waals surface area (Å²) in [6, 6.07) is 5.80. The summed E-state index contributed by atoms with van der Waals surface area (Å²) in [6.07, 6.45) is 1.96. The number of hydrogen-bond donors (Lipinski definition) is 1. The van der Waals surface area contributed by atoms with Gasteiger partial charge in [0.2, 0.25) is 5.95 Å². The highest BCUT2D eigenvalue weighted by molar-refractivity contribution is 9.10. The van der Waals surface area contributed by atoms with Gasteiger partial charge in [-0.3, -0.25) is 4.57 Å². The Morgan fingerprint density at radius 2 is 2.19 bits per heavy atom. The number of aromatic nitrogens is 2. The summed E-state index contributed by atoms with van der Waals surface area (Å²) in [5, 5.41) is 3.73. The number of rotatable bonds is 2. The molecular formula is C11H11BrClN3. The molecule has 0 unspecified atom stereocenters. The van der Waals surface area contributed by atoms with Crippen molar-refractivity contribution in [1.29, 1.82) is 0 Å². The molecule has 0 atom stereocenters. The Morgan fingerprint density at radius 1 is 1.44 bits per heavy atom. The van der Waals surface area contributed by atoms with Crippen LogP contribution in [0.4, 0.5) is 5.95 Å². The van der Waals surface area contributed by atoms with Crippen LogP contribution < -0.4 is 5.32 Å². The average molecular weight is 301 g/mol. The van der Waals surface area contributed by atoms with Crippen molar-refractivity contribution < 1.29 is 0 Å². The third-order valence-corrected chi connectivity index (χ3v) is 3.46. The van der Waals surface area contributed by atoms with E-state index in [0.29, 0.717) is 5.02 Å². The van der Waals surface area contributed by atoms with Gasteiger partial charge in [-0.15, -0.1) is 0 Å². The second-order valence-electron chi connectivity index (χ2n) is 3.42. The van der Waals surface area contributed by atoms with Crippen LogP contribution in [0.1, 0.15) is 5.69 Å². The maximum absolute atomic E-state index is 6.07. The summed E-state index contributed by atoms with van der Waals surface area (Å²) >= 11 is 9.44. The van der Waals surface area contributed by atoms with Gasteiger partial charge in [-0.1, -0.05) is 11.6 Å². The maximum atomic E-state index is 6.07. The molecule has 5 heteroatoms. The lowest BCUT2D eigenvalue weighted by atomic mass is 10.3. The van der Waals surface area contributed by atoms with Crippen molar-refractivity contribution in [2.24, 2.45) is 0 Å². The Labute approximate surface area is 108 Å². The molecule has 16 heavy (non-hydrogen) atoms.